The highest BCUT2D eigenvalue weighted by Crippen LogP contribution is 2.33. The van der Waals surface area contributed by atoms with Crippen LogP contribution < -0.4 is 14.8 Å². The van der Waals surface area contributed by atoms with E-state index in [1.165, 1.54) is 36.1 Å². The summed E-state index contributed by atoms with van der Waals surface area (Å²) in [5.74, 6) is 0.650. The second-order valence-electron chi connectivity index (χ2n) is 8.03. The van der Waals surface area contributed by atoms with Gasteiger partial charge < -0.3 is 19.7 Å². The first-order valence-corrected chi connectivity index (χ1v) is 11.2. The highest BCUT2D eigenvalue weighted by molar-refractivity contribution is 5.94. The molecular weight excluding hydrogens is 423 g/mol. The van der Waals surface area contributed by atoms with Gasteiger partial charge in [0.1, 0.15) is 23.0 Å². The van der Waals surface area contributed by atoms with Gasteiger partial charge in [-0.25, -0.2) is 9.07 Å². The zero-order valence-electron chi connectivity index (χ0n) is 19.0. The molecule has 2 aromatic carbocycles. The molecule has 3 aromatic rings. The van der Waals surface area contributed by atoms with Crippen molar-refractivity contribution in [3.63, 3.8) is 0 Å². The Morgan fingerprint density at radius 1 is 1.03 bits per heavy atom. The van der Waals surface area contributed by atoms with Gasteiger partial charge in [0.2, 0.25) is 0 Å². The molecule has 1 aromatic heterocycles. The van der Waals surface area contributed by atoms with Crippen LogP contribution in [0.25, 0.3) is 16.9 Å². The van der Waals surface area contributed by atoms with Crippen LogP contribution in [0.3, 0.4) is 0 Å². The normalized spacial score (nSPS) is 14.2. The van der Waals surface area contributed by atoms with Crippen molar-refractivity contribution in [2.24, 2.45) is 0 Å². The van der Waals surface area contributed by atoms with Crippen molar-refractivity contribution in [1.82, 2.24) is 20.0 Å². The fourth-order valence-corrected chi connectivity index (χ4v) is 4.06. The number of hydrogen-bond donors (Lipinski definition) is 1. The highest BCUT2D eigenvalue weighted by atomic mass is 19.1. The van der Waals surface area contributed by atoms with E-state index >= 15 is 0 Å². The molecule has 7 nitrogen and oxygen atoms in total. The van der Waals surface area contributed by atoms with Gasteiger partial charge in [-0.2, -0.15) is 5.10 Å². The van der Waals surface area contributed by atoms with Crippen LogP contribution in [0, 0.1) is 5.82 Å². The van der Waals surface area contributed by atoms with Gasteiger partial charge in [-0.05, 0) is 68.4 Å². The number of benzene rings is 2. The van der Waals surface area contributed by atoms with Crippen molar-refractivity contribution in [2.45, 2.75) is 19.3 Å². The molecule has 0 unspecified atom stereocenters. The Morgan fingerprint density at radius 3 is 2.48 bits per heavy atom. The van der Waals surface area contributed by atoms with Crippen LogP contribution in [0.5, 0.6) is 11.5 Å². The number of likely N-dealkylation sites (tertiary alicyclic amines) is 1. The Hall–Kier alpha value is -3.39. The Morgan fingerprint density at radius 2 is 1.79 bits per heavy atom. The third-order valence-electron chi connectivity index (χ3n) is 5.86. The van der Waals surface area contributed by atoms with Gasteiger partial charge >= 0.3 is 0 Å². The molecule has 1 saturated heterocycles. The predicted octanol–water partition coefficient (Wildman–Crippen LogP) is 3.91. The second-order valence-corrected chi connectivity index (χ2v) is 8.03. The van der Waals surface area contributed by atoms with E-state index in [0.717, 1.165) is 25.2 Å². The zero-order chi connectivity index (χ0) is 23.2. The highest BCUT2D eigenvalue weighted by Gasteiger charge is 2.20. The van der Waals surface area contributed by atoms with E-state index in [9.17, 15) is 9.18 Å². The fourth-order valence-electron chi connectivity index (χ4n) is 4.06. The SMILES string of the molecule is COc1ccc(-c2cc(C(=O)NCCN3CCCCC3)n(-c3ccc(F)cc3)n2)c(OC)c1. The topological polar surface area (TPSA) is 68.6 Å². The number of ether oxygens (including phenoxy) is 2. The molecule has 174 valence electrons. The molecule has 0 bridgehead atoms. The summed E-state index contributed by atoms with van der Waals surface area (Å²) < 4.78 is 25.8. The third kappa shape index (κ3) is 5.34. The minimum atomic E-state index is -0.351. The smallest absolute Gasteiger partial charge is 0.270 e. The Kier molecular flexibility index (Phi) is 7.24. The molecule has 2 heterocycles. The number of piperidine rings is 1. The Bertz CT molecular complexity index is 1090. The number of carbonyl (C=O) groups excluding carboxylic acids is 1. The van der Waals surface area contributed by atoms with E-state index in [-0.39, 0.29) is 11.7 Å². The van der Waals surface area contributed by atoms with Gasteiger partial charge in [0, 0.05) is 24.7 Å². The van der Waals surface area contributed by atoms with Crippen molar-refractivity contribution in [3.05, 3.63) is 60.0 Å². The van der Waals surface area contributed by atoms with Crippen molar-refractivity contribution < 1.29 is 18.7 Å². The molecule has 0 atom stereocenters. The van der Waals surface area contributed by atoms with Crippen molar-refractivity contribution in [3.8, 4) is 28.4 Å². The van der Waals surface area contributed by atoms with Crippen molar-refractivity contribution in [1.29, 1.82) is 0 Å². The number of nitrogens with zero attached hydrogens (tertiary/aromatic N) is 3. The van der Waals surface area contributed by atoms with Gasteiger partial charge in [-0.3, -0.25) is 4.79 Å². The minimum absolute atomic E-state index is 0.234. The van der Waals surface area contributed by atoms with Crippen LogP contribution >= 0.6 is 0 Å². The minimum Gasteiger partial charge on any atom is -0.497 e. The summed E-state index contributed by atoms with van der Waals surface area (Å²) >= 11 is 0. The fraction of sp³-hybridized carbons (Fsp3) is 0.360. The lowest BCUT2D eigenvalue weighted by Crippen LogP contribution is -2.38. The summed E-state index contributed by atoms with van der Waals surface area (Å²) in [6.07, 6.45) is 3.69. The van der Waals surface area contributed by atoms with Crippen LogP contribution in [0.15, 0.2) is 48.5 Å². The van der Waals surface area contributed by atoms with Crippen LogP contribution in [0.4, 0.5) is 4.39 Å². The number of halogens is 1. The second kappa shape index (κ2) is 10.5. The maximum Gasteiger partial charge on any atom is 0.270 e. The van der Waals surface area contributed by atoms with E-state index in [0.29, 0.717) is 35.1 Å². The summed E-state index contributed by atoms with van der Waals surface area (Å²) in [7, 11) is 3.16. The number of aromatic nitrogens is 2. The first-order valence-electron chi connectivity index (χ1n) is 11.2. The number of nitrogens with one attached hydrogen (secondary N) is 1. The van der Waals surface area contributed by atoms with Crippen molar-refractivity contribution >= 4 is 5.91 Å². The average Bonchev–Trinajstić information content (AvgIpc) is 3.30. The molecule has 0 aliphatic carbocycles. The summed E-state index contributed by atoms with van der Waals surface area (Å²) in [5.41, 5.74) is 2.26. The van der Waals surface area contributed by atoms with Crippen LogP contribution in [0.1, 0.15) is 29.8 Å². The monoisotopic (exact) mass is 452 g/mol. The molecule has 0 radical (unpaired) electrons. The van der Waals surface area contributed by atoms with Crippen LogP contribution in [-0.4, -0.2) is 61.0 Å². The first kappa shape index (κ1) is 22.8. The van der Waals surface area contributed by atoms with Gasteiger partial charge in [0.05, 0.1) is 25.6 Å². The van der Waals surface area contributed by atoms with E-state index in [1.54, 1.807) is 38.5 Å². The molecule has 4 rings (SSSR count). The molecular formula is C25H29FN4O3. The zero-order valence-corrected chi connectivity index (χ0v) is 19.0. The van der Waals surface area contributed by atoms with E-state index in [4.69, 9.17) is 9.47 Å². The van der Waals surface area contributed by atoms with Gasteiger partial charge in [-0.15, -0.1) is 0 Å². The molecule has 1 fully saturated rings. The molecule has 1 amide bonds. The molecule has 1 aliphatic rings. The third-order valence-corrected chi connectivity index (χ3v) is 5.86. The number of carbonyl (C=O) groups is 1. The van der Waals surface area contributed by atoms with E-state index in [2.05, 4.69) is 15.3 Å². The van der Waals surface area contributed by atoms with Gasteiger partial charge in [0.25, 0.3) is 5.91 Å². The standard InChI is InChI=1S/C25H29FN4O3/c1-32-20-10-11-21(24(16-20)33-2)22-17-23(30(28-22)19-8-6-18(26)7-9-19)25(31)27-12-15-29-13-4-3-5-14-29/h6-11,16-17H,3-5,12-15H2,1-2H3,(H,27,31). The molecule has 33 heavy (non-hydrogen) atoms. The average molecular weight is 453 g/mol. The summed E-state index contributed by atoms with van der Waals surface area (Å²) in [6.45, 7) is 3.51. The van der Waals surface area contributed by atoms with E-state index in [1.807, 2.05) is 12.1 Å². The van der Waals surface area contributed by atoms with E-state index < -0.39 is 0 Å². The summed E-state index contributed by atoms with van der Waals surface area (Å²) in [4.78, 5) is 15.5. The molecule has 8 heteroatoms. The van der Waals surface area contributed by atoms with Crippen LogP contribution in [0.2, 0.25) is 0 Å². The maximum absolute atomic E-state index is 13.5. The Labute approximate surface area is 193 Å². The molecule has 1 N–H and O–H groups in total. The largest absolute Gasteiger partial charge is 0.497 e. The first-order chi connectivity index (χ1) is 16.1. The number of amides is 1. The quantitative estimate of drug-likeness (QED) is 0.561. The summed E-state index contributed by atoms with van der Waals surface area (Å²) in [5, 5.41) is 7.68. The number of rotatable bonds is 8. The van der Waals surface area contributed by atoms with Crippen molar-refractivity contribution in [2.75, 3.05) is 40.4 Å². The van der Waals surface area contributed by atoms with Gasteiger partial charge in [-0.1, -0.05) is 6.42 Å². The lowest BCUT2D eigenvalue weighted by atomic mass is 10.1. The van der Waals surface area contributed by atoms with Crippen LogP contribution in [-0.2, 0) is 0 Å². The summed E-state index contributed by atoms with van der Waals surface area (Å²) in [6, 6.07) is 13.0. The number of hydrogen-bond acceptors (Lipinski definition) is 5. The lowest BCUT2D eigenvalue weighted by Gasteiger charge is -2.26. The lowest BCUT2D eigenvalue weighted by molar-refractivity contribution is 0.0939. The van der Waals surface area contributed by atoms with Gasteiger partial charge in [0.15, 0.2) is 0 Å². The Balaban J connectivity index is 1.62. The molecule has 0 saturated carbocycles. The maximum atomic E-state index is 13.5. The molecule has 0 spiro atoms. The number of methoxy groups -OCH3 is 2. The molecule has 1 aliphatic heterocycles. The predicted molar refractivity (Wildman–Crippen MR) is 125 cm³/mol.